The molecule has 88 valence electrons. The average molecular weight is 229 g/mol. The van der Waals surface area contributed by atoms with Gasteiger partial charge in [-0.15, -0.1) is 0 Å². The number of benzene rings is 1. The normalized spacial score (nSPS) is 10.5. The Bertz CT molecular complexity index is 558. The first-order valence-electron chi connectivity index (χ1n) is 5.55. The van der Waals surface area contributed by atoms with Gasteiger partial charge in [-0.25, -0.2) is 4.68 Å². The van der Waals surface area contributed by atoms with Gasteiger partial charge in [-0.1, -0.05) is 31.2 Å². The summed E-state index contributed by atoms with van der Waals surface area (Å²) in [5.41, 5.74) is 8.54. The van der Waals surface area contributed by atoms with E-state index in [1.807, 2.05) is 12.1 Å². The summed E-state index contributed by atoms with van der Waals surface area (Å²) in [6, 6.07) is 9.70. The SMILES string of the molecule is CCc1ccc(-c2cc(N)c(=O)n(C)n2)cc1. The molecule has 0 atom stereocenters. The number of aromatic nitrogens is 2. The molecule has 1 heterocycles. The minimum atomic E-state index is -0.265. The Kier molecular flexibility index (Phi) is 2.95. The van der Waals surface area contributed by atoms with Crippen molar-refractivity contribution in [2.75, 3.05) is 5.73 Å². The van der Waals surface area contributed by atoms with Gasteiger partial charge in [0.15, 0.2) is 0 Å². The van der Waals surface area contributed by atoms with Crippen LogP contribution in [0.3, 0.4) is 0 Å². The molecule has 4 nitrogen and oxygen atoms in total. The molecule has 0 aliphatic carbocycles. The number of rotatable bonds is 2. The van der Waals surface area contributed by atoms with Gasteiger partial charge >= 0.3 is 0 Å². The van der Waals surface area contributed by atoms with Crippen molar-refractivity contribution in [3.8, 4) is 11.3 Å². The van der Waals surface area contributed by atoms with Crippen molar-refractivity contribution >= 4 is 5.69 Å². The average Bonchev–Trinajstić information content (AvgIpc) is 2.35. The molecule has 4 heteroatoms. The second-order valence-electron chi connectivity index (χ2n) is 3.96. The Morgan fingerprint density at radius 3 is 2.47 bits per heavy atom. The second-order valence-corrected chi connectivity index (χ2v) is 3.96. The molecule has 0 bridgehead atoms. The number of nitrogen functional groups attached to an aromatic ring is 1. The van der Waals surface area contributed by atoms with Gasteiger partial charge in [0.2, 0.25) is 0 Å². The maximum absolute atomic E-state index is 11.4. The third-order valence-electron chi connectivity index (χ3n) is 2.75. The zero-order valence-electron chi connectivity index (χ0n) is 9.97. The molecule has 0 saturated carbocycles. The van der Waals surface area contributed by atoms with E-state index in [1.165, 1.54) is 10.2 Å². The first-order chi connectivity index (χ1) is 8.11. The highest BCUT2D eigenvalue weighted by Crippen LogP contribution is 2.17. The van der Waals surface area contributed by atoms with E-state index < -0.39 is 0 Å². The molecule has 2 aromatic rings. The molecule has 0 amide bonds. The molecule has 0 aliphatic heterocycles. The fourth-order valence-electron chi connectivity index (χ4n) is 1.68. The van der Waals surface area contributed by atoms with E-state index in [0.717, 1.165) is 12.0 Å². The lowest BCUT2D eigenvalue weighted by Crippen LogP contribution is -2.22. The monoisotopic (exact) mass is 229 g/mol. The molecule has 0 fully saturated rings. The van der Waals surface area contributed by atoms with E-state index in [9.17, 15) is 4.79 Å². The minimum Gasteiger partial charge on any atom is -0.394 e. The third-order valence-corrected chi connectivity index (χ3v) is 2.75. The smallest absolute Gasteiger partial charge is 0.289 e. The number of anilines is 1. The predicted octanol–water partition coefficient (Wildman–Crippen LogP) is 1.59. The van der Waals surface area contributed by atoms with Gasteiger partial charge < -0.3 is 5.73 Å². The first-order valence-corrected chi connectivity index (χ1v) is 5.55. The Hall–Kier alpha value is -2.10. The van der Waals surface area contributed by atoms with E-state index in [1.54, 1.807) is 13.1 Å². The van der Waals surface area contributed by atoms with Crippen molar-refractivity contribution in [3.05, 3.63) is 46.2 Å². The summed E-state index contributed by atoms with van der Waals surface area (Å²) in [6.07, 6.45) is 1.00. The fraction of sp³-hybridized carbons (Fsp3) is 0.231. The molecule has 1 aromatic carbocycles. The molecule has 2 N–H and O–H groups in total. The molecule has 1 aromatic heterocycles. The van der Waals surface area contributed by atoms with Crippen LogP contribution in [-0.4, -0.2) is 9.78 Å². The zero-order chi connectivity index (χ0) is 12.4. The first kappa shape index (κ1) is 11.4. The predicted molar refractivity (Wildman–Crippen MR) is 68.7 cm³/mol. The van der Waals surface area contributed by atoms with Crippen LogP contribution in [0.25, 0.3) is 11.3 Å². The van der Waals surface area contributed by atoms with Gasteiger partial charge in [-0.05, 0) is 18.1 Å². The van der Waals surface area contributed by atoms with Crippen LogP contribution in [0, 0.1) is 0 Å². The number of nitrogens with zero attached hydrogens (tertiary/aromatic N) is 2. The molecular weight excluding hydrogens is 214 g/mol. The van der Waals surface area contributed by atoms with Crippen LogP contribution in [0.2, 0.25) is 0 Å². The van der Waals surface area contributed by atoms with Crippen LogP contribution in [0.15, 0.2) is 35.1 Å². The molecule has 0 radical (unpaired) electrons. The molecule has 17 heavy (non-hydrogen) atoms. The zero-order valence-corrected chi connectivity index (χ0v) is 9.97. The minimum absolute atomic E-state index is 0.220. The maximum Gasteiger partial charge on any atom is 0.289 e. The number of hydrogen-bond donors (Lipinski definition) is 1. The van der Waals surface area contributed by atoms with Crippen LogP contribution < -0.4 is 11.3 Å². The van der Waals surface area contributed by atoms with Crippen LogP contribution in [-0.2, 0) is 13.5 Å². The highest BCUT2D eigenvalue weighted by Gasteiger charge is 2.05. The lowest BCUT2D eigenvalue weighted by molar-refractivity contribution is 0.715. The highest BCUT2D eigenvalue weighted by molar-refractivity contribution is 5.62. The standard InChI is InChI=1S/C13H15N3O/c1-3-9-4-6-10(7-5-9)12-8-11(14)13(17)16(2)15-12/h4-8H,3,14H2,1-2H3. The lowest BCUT2D eigenvalue weighted by atomic mass is 10.1. The number of nitrogens with two attached hydrogens (primary N) is 1. The topological polar surface area (TPSA) is 60.9 Å². The molecule has 0 aliphatic rings. The van der Waals surface area contributed by atoms with Gasteiger partial charge in [0.25, 0.3) is 5.56 Å². The van der Waals surface area contributed by atoms with Crippen LogP contribution in [0.4, 0.5) is 5.69 Å². The molecule has 0 spiro atoms. The summed E-state index contributed by atoms with van der Waals surface area (Å²) < 4.78 is 1.26. The van der Waals surface area contributed by atoms with Crippen molar-refractivity contribution in [1.29, 1.82) is 0 Å². The lowest BCUT2D eigenvalue weighted by Gasteiger charge is -2.05. The molecule has 0 saturated heterocycles. The van der Waals surface area contributed by atoms with E-state index in [2.05, 4.69) is 24.2 Å². The summed E-state index contributed by atoms with van der Waals surface area (Å²) in [7, 11) is 1.60. The van der Waals surface area contributed by atoms with Crippen LogP contribution in [0.5, 0.6) is 0 Å². The second kappa shape index (κ2) is 4.41. The van der Waals surface area contributed by atoms with Gasteiger partial charge in [0.05, 0.1) is 5.69 Å². The van der Waals surface area contributed by atoms with Crippen molar-refractivity contribution in [2.45, 2.75) is 13.3 Å². The summed E-state index contributed by atoms with van der Waals surface area (Å²) >= 11 is 0. The van der Waals surface area contributed by atoms with Gasteiger partial charge in [0, 0.05) is 12.6 Å². The maximum atomic E-state index is 11.4. The summed E-state index contributed by atoms with van der Waals surface area (Å²) in [5, 5.41) is 4.18. The third kappa shape index (κ3) is 2.20. The molecule has 2 rings (SSSR count). The molecule has 0 unspecified atom stereocenters. The number of aryl methyl sites for hydroxylation is 2. The van der Waals surface area contributed by atoms with Gasteiger partial charge in [0.1, 0.15) is 5.69 Å². The quantitative estimate of drug-likeness (QED) is 0.850. The van der Waals surface area contributed by atoms with Gasteiger partial charge in [-0.2, -0.15) is 5.10 Å². The van der Waals surface area contributed by atoms with Gasteiger partial charge in [-0.3, -0.25) is 4.79 Å². The Morgan fingerprint density at radius 1 is 1.29 bits per heavy atom. The molecular formula is C13H15N3O. The van der Waals surface area contributed by atoms with Crippen molar-refractivity contribution in [1.82, 2.24) is 9.78 Å². The van der Waals surface area contributed by atoms with E-state index in [4.69, 9.17) is 5.73 Å². The Balaban J connectivity index is 2.49. The van der Waals surface area contributed by atoms with Crippen molar-refractivity contribution in [3.63, 3.8) is 0 Å². The summed E-state index contributed by atoms with van der Waals surface area (Å²) in [6.45, 7) is 2.11. The summed E-state index contributed by atoms with van der Waals surface area (Å²) in [5.74, 6) is 0. The van der Waals surface area contributed by atoms with Crippen molar-refractivity contribution < 1.29 is 0 Å². The Labute approximate surface area is 99.7 Å². The van der Waals surface area contributed by atoms with Crippen LogP contribution >= 0.6 is 0 Å². The van der Waals surface area contributed by atoms with E-state index in [-0.39, 0.29) is 11.2 Å². The fourth-order valence-corrected chi connectivity index (χ4v) is 1.68. The van der Waals surface area contributed by atoms with Crippen LogP contribution in [0.1, 0.15) is 12.5 Å². The van der Waals surface area contributed by atoms with E-state index >= 15 is 0 Å². The summed E-state index contributed by atoms with van der Waals surface area (Å²) in [4.78, 5) is 11.4. The van der Waals surface area contributed by atoms with Crippen molar-refractivity contribution in [2.24, 2.45) is 7.05 Å². The van der Waals surface area contributed by atoms with E-state index in [0.29, 0.717) is 5.69 Å². The Morgan fingerprint density at radius 2 is 1.94 bits per heavy atom. The largest absolute Gasteiger partial charge is 0.394 e. The number of hydrogen-bond acceptors (Lipinski definition) is 3. The highest BCUT2D eigenvalue weighted by atomic mass is 16.1.